The van der Waals surface area contributed by atoms with E-state index in [1.165, 1.54) is 4.68 Å². The Balaban J connectivity index is 1.68. The molecule has 0 spiro atoms. The molecule has 0 aliphatic rings. The van der Waals surface area contributed by atoms with Crippen molar-refractivity contribution in [1.29, 1.82) is 0 Å². The number of carbonyl (C=O) groups excluding carboxylic acids is 1. The summed E-state index contributed by atoms with van der Waals surface area (Å²) in [6.45, 7) is 3.91. The molecule has 8 nitrogen and oxygen atoms in total. The minimum absolute atomic E-state index is 0.148. The van der Waals surface area contributed by atoms with E-state index in [1.54, 1.807) is 12.4 Å². The van der Waals surface area contributed by atoms with Crippen LogP contribution in [-0.4, -0.2) is 31.7 Å². The lowest BCUT2D eigenvalue weighted by atomic mass is 10.1. The third-order valence-corrected chi connectivity index (χ3v) is 5.34. The van der Waals surface area contributed by atoms with Gasteiger partial charge in [0.15, 0.2) is 5.65 Å². The molecule has 0 unspecified atom stereocenters. The number of fused-ring (bicyclic) bond motifs is 2. The number of benzene rings is 2. The molecular weight excluding hydrogens is 414 g/mol. The first-order valence-electron chi connectivity index (χ1n) is 10.4. The first-order valence-corrected chi connectivity index (χ1v) is 10.4. The Hall–Kier alpha value is -4.59. The first-order chi connectivity index (χ1) is 16.0. The van der Waals surface area contributed by atoms with Crippen molar-refractivity contribution in [1.82, 2.24) is 19.6 Å². The molecule has 2 aromatic carbocycles. The van der Waals surface area contributed by atoms with Crippen molar-refractivity contribution in [3.63, 3.8) is 0 Å². The Morgan fingerprint density at radius 3 is 2.55 bits per heavy atom. The van der Waals surface area contributed by atoms with Crippen molar-refractivity contribution in [2.24, 2.45) is 5.10 Å². The Kier molecular flexibility index (Phi) is 5.02. The molecule has 3 aromatic heterocycles. The summed E-state index contributed by atoms with van der Waals surface area (Å²) in [5.74, 6) is -0.224. The Labute approximate surface area is 189 Å². The van der Waals surface area contributed by atoms with Crippen molar-refractivity contribution in [2.75, 3.05) is 11.1 Å². The molecule has 5 aromatic rings. The van der Waals surface area contributed by atoms with Crippen LogP contribution in [0, 0.1) is 13.8 Å². The van der Waals surface area contributed by atoms with E-state index in [2.05, 4.69) is 15.4 Å². The average Bonchev–Trinajstić information content (AvgIpc) is 3.09. The fraction of sp³-hybridized carbons (Fsp3) is 0.0800. The van der Waals surface area contributed by atoms with Crippen LogP contribution in [0.2, 0.25) is 0 Å². The summed E-state index contributed by atoms with van der Waals surface area (Å²) in [6, 6.07) is 18.8. The smallest absolute Gasteiger partial charge is 0.261 e. The van der Waals surface area contributed by atoms with Crippen LogP contribution in [0.3, 0.4) is 0 Å². The number of rotatable bonds is 4. The molecule has 0 aliphatic heterocycles. The summed E-state index contributed by atoms with van der Waals surface area (Å²) in [6.07, 6.45) is 3.24. The van der Waals surface area contributed by atoms with Crippen LogP contribution in [0.25, 0.3) is 22.2 Å². The number of nitrogens with one attached hydrogen (secondary N) is 1. The second-order valence-corrected chi connectivity index (χ2v) is 7.73. The van der Waals surface area contributed by atoms with Gasteiger partial charge in [0.2, 0.25) is 0 Å². The molecule has 162 valence electrons. The van der Waals surface area contributed by atoms with Crippen molar-refractivity contribution in [2.45, 2.75) is 13.8 Å². The average molecular weight is 435 g/mol. The van der Waals surface area contributed by atoms with Crippen molar-refractivity contribution in [3.8, 4) is 0 Å². The SMILES string of the molecule is Cc1ccc(C)c(NC(=O)c2c(N)n(/N=C/c3ccccn3)c3nc4ccccc4nc23)c1. The molecule has 0 radical (unpaired) electrons. The summed E-state index contributed by atoms with van der Waals surface area (Å²) in [5.41, 5.74) is 12.1. The highest BCUT2D eigenvalue weighted by molar-refractivity contribution is 6.16. The molecule has 3 N–H and O–H groups in total. The number of aromatic nitrogens is 4. The van der Waals surface area contributed by atoms with E-state index in [1.807, 2.05) is 74.5 Å². The number of nitrogens with two attached hydrogens (primary N) is 1. The van der Waals surface area contributed by atoms with Gasteiger partial charge in [0.25, 0.3) is 5.91 Å². The third-order valence-electron chi connectivity index (χ3n) is 5.34. The van der Waals surface area contributed by atoms with E-state index in [0.29, 0.717) is 33.6 Å². The van der Waals surface area contributed by atoms with Gasteiger partial charge >= 0.3 is 0 Å². The molecule has 8 heteroatoms. The lowest BCUT2D eigenvalue weighted by Gasteiger charge is -2.09. The lowest BCUT2D eigenvalue weighted by Crippen LogP contribution is -2.15. The Bertz CT molecular complexity index is 1540. The van der Waals surface area contributed by atoms with Gasteiger partial charge in [-0.3, -0.25) is 9.78 Å². The maximum Gasteiger partial charge on any atom is 0.261 e. The first kappa shape index (κ1) is 20.3. The fourth-order valence-corrected chi connectivity index (χ4v) is 3.61. The summed E-state index contributed by atoms with van der Waals surface area (Å²) >= 11 is 0. The quantitative estimate of drug-likeness (QED) is 0.409. The van der Waals surface area contributed by atoms with Crippen molar-refractivity contribution in [3.05, 3.63) is 89.2 Å². The van der Waals surface area contributed by atoms with Gasteiger partial charge in [-0.1, -0.05) is 30.3 Å². The number of pyridine rings is 1. The summed E-state index contributed by atoms with van der Waals surface area (Å²) in [4.78, 5) is 27.1. The van der Waals surface area contributed by atoms with Crippen molar-refractivity contribution < 1.29 is 4.79 Å². The number of amides is 1. The highest BCUT2D eigenvalue weighted by Crippen LogP contribution is 2.29. The normalized spacial score (nSPS) is 11.5. The minimum Gasteiger partial charge on any atom is -0.383 e. The van der Waals surface area contributed by atoms with Crippen LogP contribution in [0.5, 0.6) is 0 Å². The zero-order chi connectivity index (χ0) is 22.9. The van der Waals surface area contributed by atoms with Gasteiger partial charge < -0.3 is 11.1 Å². The number of carbonyl (C=O) groups is 1. The molecule has 0 saturated carbocycles. The highest BCUT2D eigenvalue weighted by atomic mass is 16.1. The molecule has 0 atom stereocenters. The van der Waals surface area contributed by atoms with Gasteiger partial charge in [-0.05, 0) is 55.3 Å². The number of hydrogen-bond acceptors (Lipinski definition) is 6. The standard InChI is InChI=1S/C25H21N7O/c1-15-10-11-16(2)20(13-15)31-25(33)21-22-24(30-19-9-4-3-8-18(19)29-22)32(23(21)26)28-14-17-7-5-6-12-27-17/h3-14H,26H2,1-2H3,(H,31,33)/b28-14+. The van der Waals surface area contributed by atoms with E-state index in [-0.39, 0.29) is 17.3 Å². The molecular formula is C25H21N7O. The zero-order valence-corrected chi connectivity index (χ0v) is 18.1. The molecule has 0 fully saturated rings. The summed E-state index contributed by atoms with van der Waals surface area (Å²) in [5, 5.41) is 7.45. The van der Waals surface area contributed by atoms with Gasteiger partial charge in [-0.2, -0.15) is 9.78 Å². The van der Waals surface area contributed by atoms with E-state index in [0.717, 1.165) is 11.1 Å². The largest absolute Gasteiger partial charge is 0.383 e. The predicted molar refractivity (Wildman–Crippen MR) is 131 cm³/mol. The zero-order valence-electron chi connectivity index (χ0n) is 18.1. The number of hydrogen-bond donors (Lipinski definition) is 2. The molecule has 0 bridgehead atoms. The maximum absolute atomic E-state index is 13.4. The Morgan fingerprint density at radius 2 is 1.79 bits per heavy atom. The van der Waals surface area contributed by atoms with Crippen LogP contribution >= 0.6 is 0 Å². The Morgan fingerprint density at radius 1 is 1.03 bits per heavy atom. The minimum atomic E-state index is -0.373. The van der Waals surface area contributed by atoms with Crippen LogP contribution < -0.4 is 11.1 Å². The van der Waals surface area contributed by atoms with Crippen LogP contribution in [0.15, 0.2) is 72.0 Å². The predicted octanol–water partition coefficient (Wildman–Crippen LogP) is 4.31. The topological polar surface area (TPSA) is 111 Å². The van der Waals surface area contributed by atoms with Gasteiger partial charge in [0, 0.05) is 11.9 Å². The lowest BCUT2D eigenvalue weighted by molar-refractivity contribution is 0.102. The number of nitrogen functional groups attached to an aromatic ring is 1. The van der Waals surface area contributed by atoms with Gasteiger partial charge in [0.05, 0.1) is 22.9 Å². The molecule has 0 aliphatic carbocycles. The van der Waals surface area contributed by atoms with E-state index >= 15 is 0 Å². The fourth-order valence-electron chi connectivity index (χ4n) is 3.61. The van der Waals surface area contributed by atoms with E-state index in [4.69, 9.17) is 15.7 Å². The number of para-hydroxylation sites is 2. The molecule has 3 heterocycles. The number of nitrogens with zero attached hydrogens (tertiary/aromatic N) is 5. The van der Waals surface area contributed by atoms with Gasteiger partial charge in [0.1, 0.15) is 16.9 Å². The van der Waals surface area contributed by atoms with Gasteiger partial charge in [-0.25, -0.2) is 9.97 Å². The summed E-state index contributed by atoms with van der Waals surface area (Å²) in [7, 11) is 0. The molecule has 1 amide bonds. The third kappa shape index (κ3) is 3.78. The molecule has 0 saturated heterocycles. The van der Waals surface area contributed by atoms with Gasteiger partial charge in [-0.15, -0.1) is 0 Å². The van der Waals surface area contributed by atoms with E-state index in [9.17, 15) is 4.79 Å². The highest BCUT2D eigenvalue weighted by Gasteiger charge is 2.24. The molecule has 33 heavy (non-hydrogen) atoms. The van der Waals surface area contributed by atoms with Crippen LogP contribution in [0.4, 0.5) is 11.5 Å². The molecule has 5 rings (SSSR count). The van der Waals surface area contributed by atoms with Crippen LogP contribution in [0.1, 0.15) is 27.2 Å². The van der Waals surface area contributed by atoms with Crippen LogP contribution in [-0.2, 0) is 0 Å². The van der Waals surface area contributed by atoms with Crippen molar-refractivity contribution >= 4 is 45.8 Å². The number of anilines is 2. The summed E-state index contributed by atoms with van der Waals surface area (Å²) < 4.78 is 1.43. The van der Waals surface area contributed by atoms with E-state index < -0.39 is 0 Å². The number of aryl methyl sites for hydroxylation is 2. The monoisotopic (exact) mass is 435 g/mol. The second-order valence-electron chi connectivity index (χ2n) is 7.73. The maximum atomic E-state index is 13.4. The second kappa shape index (κ2) is 8.16.